The second-order valence-electron chi connectivity index (χ2n) is 8.75. The molecule has 0 unspecified atom stereocenters. The lowest BCUT2D eigenvalue weighted by Crippen LogP contribution is -2.60. The summed E-state index contributed by atoms with van der Waals surface area (Å²) >= 11 is 0. The Balaban J connectivity index is 1.37. The van der Waals surface area contributed by atoms with Gasteiger partial charge in [-0.3, -0.25) is 4.79 Å². The van der Waals surface area contributed by atoms with Gasteiger partial charge in [0.2, 0.25) is 15.9 Å². The number of ether oxygens (including phenoxy) is 1. The standard InChI is InChI=1S/C21H21N7O4S/c22-11-21(3-4-21)26-33(30,31)14-1-2-15-16(7-14)25-19-18(15)20(24-12-23-19)27-5-6-28-13(8-27)9-32-10-17(28)29/h1-2,7,12-13,26H,3-6,8-10H2,(H,23,24,25)/t13-/m1/s1. The zero-order valence-electron chi connectivity index (χ0n) is 17.6. The second kappa shape index (κ2) is 7.11. The van der Waals surface area contributed by atoms with E-state index < -0.39 is 15.6 Å². The lowest BCUT2D eigenvalue weighted by atomic mass is 10.1. The Kier molecular flexibility index (Phi) is 4.39. The zero-order valence-corrected chi connectivity index (χ0v) is 18.4. The molecule has 1 atom stereocenters. The van der Waals surface area contributed by atoms with Gasteiger partial charge in [-0.15, -0.1) is 0 Å². The summed E-state index contributed by atoms with van der Waals surface area (Å²) in [7, 11) is -3.84. The zero-order chi connectivity index (χ0) is 22.8. The van der Waals surface area contributed by atoms with Crippen LogP contribution < -0.4 is 9.62 Å². The molecule has 3 aromatic rings. The van der Waals surface area contributed by atoms with Gasteiger partial charge in [-0.1, -0.05) is 6.07 Å². The first-order chi connectivity index (χ1) is 15.9. The highest BCUT2D eigenvalue weighted by Gasteiger charge is 2.46. The number of H-pyrrole nitrogens is 1. The van der Waals surface area contributed by atoms with Gasteiger partial charge in [0.25, 0.3) is 0 Å². The van der Waals surface area contributed by atoms with Crippen molar-refractivity contribution >= 4 is 43.7 Å². The molecule has 33 heavy (non-hydrogen) atoms. The van der Waals surface area contributed by atoms with Gasteiger partial charge in [-0.2, -0.15) is 9.98 Å². The molecule has 4 heterocycles. The maximum absolute atomic E-state index is 12.8. The molecule has 1 aromatic carbocycles. The summed E-state index contributed by atoms with van der Waals surface area (Å²) in [5.41, 5.74) is 0.233. The number of fused-ring (bicyclic) bond motifs is 4. The van der Waals surface area contributed by atoms with Gasteiger partial charge in [0, 0.05) is 30.5 Å². The van der Waals surface area contributed by atoms with Crippen molar-refractivity contribution in [2.45, 2.75) is 29.3 Å². The summed E-state index contributed by atoms with van der Waals surface area (Å²) in [6, 6.07) is 6.85. The third-order valence-corrected chi connectivity index (χ3v) is 8.12. The Morgan fingerprint density at radius 3 is 2.91 bits per heavy atom. The van der Waals surface area contributed by atoms with Crippen molar-refractivity contribution in [3.05, 3.63) is 24.5 Å². The highest BCUT2D eigenvalue weighted by molar-refractivity contribution is 7.89. The molecule has 1 amide bonds. The van der Waals surface area contributed by atoms with Crippen molar-refractivity contribution in [3.8, 4) is 6.07 Å². The number of hydrogen-bond donors (Lipinski definition) is 2. The number of aromatic nitrogens is 3. The van der Waals surface area contributed by atoms with Crippen LogP contribution in [0.3, 0.4) is 0 Å². The van der Waals surface area contributed by atoms with Crippen LogP contribution in [0.5, 0.6) is 0 Å². The molecule has 0 radical (unpaired) electrons. The third-order valence-electron chi connectivity index (χ3n) is 6.58. The molecule has 2 aromatic heterocycles. The summed E-state index contributed by atoms with van der Waals surface area (Å²) in [6.45, 7) is 2.44. The van der Waals surface area contributed by atoms with Crippen molar-refractivity contribution in [1.82, 2.24) is 24.6 Å². The fraction of sp³-hybridized carbons (Fsp3) is 0.429. The number of nitrogens with one attached hydrogen (secondary N) is 2. The van der Waals surface area contributed by atoms with Crippen LogP contribution in [0.1, 0.15) is 12.8 Å². The van der Waals surface area contributed by atoms with Gasteiger partial charge >= 0.3 is 0 Å². The molecule has 12 heteroatoms. The maximum atomic E-state index is 12.8. The summed E-state index contributed by atoms with van der Waals surface area (Å²) in [4.78, 5) is 28.3. The SMILES string of the molecule is N#CC1(NS(=O)(=O)c2ccc3c(c2)[nH]c2ncnc(N4CCN5C(=O)COC[C@H]5C4)c23)CC1. The molecule has 11 nitrogen and oxygen atoms in total. The molecule has 1 aliphatic carbocycles. The molecule has 170 valence electrons. The number of benzene rings is 1. The number of sulfonamides is 1. The predicted molar refractivity (Wildman–Crippen MR) is 118 cm³/mol. The minimum atomic E-state index is -3.84. The molecular formula is C21H21N7O4S. The van der Waals surface area contributed by atoms with Crippen LogP contribution in [-0.2, 0) is 19.6 Å². The Bertz CT molecular complexity index is 1440. The van der Waals surface area contributed by atoms with Gasteiger partial charge in [0.05, 0.1) is 29.0 Å². The van der Waals surface area contributed by atoms with Crippen LogP contribution in [0.4, 0.5) is 5.82 Å². The molecule has 2 aliphatic heterocycles. The van der Waals surface area contributed by atoms with E-state index in [0.29, 0.717) is 50.2 Å². The van der Waals surface area contributed by atoms with E-state index in [4.69, 9.17) is 4.74 Å². The lowest BCUT2D eigenvalue weighted by Gasteiger charge is -2.44. The van der Waals surface area contributed by atoms with Crippen LogP contribution in [0.15, 0.2) is 29.4 Å². The van der Waals surface area contributed by atoms with E-state index in [1.165, 1.54) is 12.4 Å². The molecular weight excluding hydrogens is 446 g/mol. The number of amides is 1. The molecule has 0 spiro atoms. The van der Waals surface area contributed by atoms with Crippen LogP contribution in [0.2, 0.25) is 0 Å². The number of hydrogen-bond acceptors (Lipinski definition) is 8. The Morgan fingerprint density at radius 1 is 1.27 bits per heavy atom. The lowest BCUT2D eigenvalue weighted by molar-refractivity contribution is -0.148. The van der Waals surface area contributed by atoms with E-state index in [1.54, 1.807) is 12.1 Å². The van der Waals surface area contributed by atoms with E-state index >= 15 is 0 Å². The smallest absolute Gasteiger partial charge is 0.249 e. The van der Waals surface area contributed by atoms with Crippen molar-refractivity contribution in [2.24, 2.45) is 0 Å². The average molecular weight is 468 g/mol. The highest BCUT2D eigenvalue weighted by Crippen LogP contribution is 2.37. The van der Waals surface area contributed by atoms with E-state index in [9.17, 15) is 18.5 Å². The van der Waals surface area contributed by atoms with Crippen molar-refractivity contribution in [3.63, 3.8) is 0 Å². The highest BCUT2D eigenvalue weighted by atomic mass is 32.2. The van der Waals surface area contributed by atoms with E-state index in [0.717, 1.165) is 16.6 Å². The monoisotopic (exact) mass is 467 g/mol. The molecule has 3 aliphatic rings. The van der Waals surface area contributed by atoms with Crippen molar-refractivity contribution in [2.75, 3.05) is 37.7 Å². The van der Waals surface area contributed by atoms with E-state index in [2.05, 4.69) is 24.6 Å². The third kappa shape index (κ3) is 3.31. The fourth-order valence-electron chi connectivity index (χ4n) is 4.66. The largest absolute Gasteiger partial charge is 0.369 e. The van der Waals surface area contributed by atoms with Crippen molar-refractivity contribution < 1.29 is 17.9 Å². The molecule has 0 bridgehead atoms. The number of aromatic amines is 1. The summed E-state index contributed by atoms with van der Waals surface area (Å²) in [5, 5.41) is 10.9. The van der Waals surface area contributed by atoms with Gasteiger partial charge in [-0.25, -0.2) is 18.4 Å². The quantitative estimate of drug-likeness (QED) is 0.564. The number of carbonyl (C=O) groups excluding carboxylic acids is 1. The Hall–Kier alpha value is -3.27. The number of morpholine rings is 1. The first kappa shape index (κ1) is 20.3. The number of rotatable bonds is 4. The number of nitrogens with zero attached hydrogens (tertiary/aromatic N) is 5. The number of piperazine rings is 1. The van der Waals surface area contributed by atoms with Gasteiger partial charge in [0.1, 0.15) is 29.9 Å². The summed E-state index contributed by atoms with van der Waals surface area (Å²) in [5.74, 6) is 0.747. The first-order valence-corrected chi connectivity index (χ1v) is 12.2. The van der Waals surface area contributed by atoms with E-state index in [1.807, 2.05) is 11.0 Å². The number of carbonyl (C=O) groups is 1. The van der Waals surface area contributed by atoms with Gasteiger partial charge < -0.3 is 19.5 Å². The van der Waals surface area contributed by atoms with E-state index in [-0.39, 0.29) is 23.5 Å². The molecule has 2 saturated heterocycles. The number of anilines is 1. The normalized spacial score (nSPS) is 22.4. The van der Waals surface area contributed by atoms with Crippen molar-refractivity contribution in [1.29, 1.82) is 5.26 Å². The molecule has 1 saturated carbocycles. The van der Waals surface area contributed by atoms with Crippen LogP contribution >= 0.6 is 0 Å². The van der Waals surface area contributed by atoms with Crippen LogP contribution in [-0.4, -0.2) is 78.6 Å². The Labute approximate surface area is 189 Å². The number of nitriles is 1. The minimum absolute atomic E-state index is 0.0116. The molecule has 2 N–H and O–H groups in total. The van der Waals surface area contributed by atoms with Crippen LogP contribution in [0.25, 0.3) is 21.9 Å². The average Bonchev–Trinajstić information content (AvgIpc) is 3.47. The summed E-state index contributed by atoms with van der Waals surface area (Å²) in [6.07, 6.45) is 2.51. The maximum Gasteiger partial charge on any atom is 0.249 e. The molecule has 6 rings (SSSR count). The Morgan fingerprint density at radius 2 is 2.12 bits per heavy atom. The van der Waals surface area contributed by atoms with Gasteiger partial charge in [0.15, 0.2) is 0 Å². The topological polar surface area (TPSA) is 144 Å². The van der Waals surface area contributed by atoms with Gasteiger partial charge in [-0.05, 0) is 25.0 Å². The van der Waals surface area contributed by atoms with Crippen LogP contribution in [0, 0.1) is 11.3 Å². The molecule has 3 fully saturated rings. The first-order valence-electron chi connectivity index (χ1n) is 10.7. The fourth-order valence-corrected chi connectivity index (χ4v) is 6.06. The second-order valence-corrected chi connectivity index (χ2v) is 10.4. The minimum Gasteiger partial charge on any atom is -0.369 e. The summed E-state index contributed by atoms with van der Waals surface area (Å²) < 4.78 is 33.6. The predicted octanol–water partition coefficient (Wildman–Crippen LogP) is 0.493.